The van der Waals surface area contributed by atoms with E-state index in [4.69, 9.17) is 15.8 Å². The summed E-state index contributed by atoms with van der Waals surface area (Å²) in [5.41, 5.74) is 10.6. The quantitative estimate of drug-likeness (QED) is 0.125. The molecule has 0 spiro atoms. The second-order valence-electron chi connectivity index (χ2n) is 14.4. The van der Waals surface area contributed by atoms with Crippen LogP contribution in [0.4, 0.5) is 11.6 Å². The van der Waals surface area contributed by atoms with E-state index in [1.165, 1.54) is 64.2 Å². The molecule has 1 aliphatic carbocycles. The second kappa shape index (κ2) is 15.6. The topological polar surface area (TPSA) is 115 Å². The first-order valence-corrected chi connectivity index (χ1v) is 18.4. The fraction of sp³-hybridized carbons (Fsp3) is 0.564. The first-order valence-electron chi connectivity index (χ1n) is 18.4. The van der Waals surface area contributed by atoms with Gasteiger partial charge in [-0.05, 0) is 80.3 Å². The SMILES string of the molecule is CCCCCCCCC(CCC)CC1NCC2CC(n3nc(-c4ccc(C(=O)N(C)c5cc(C)ccn5)cc4)c4c(N)ncnc43)CC21. The third-order valence-corrected chi connectivity index (χ3v) is 11.0. The summed E-state index contributed by atoms with van der Waals surface area (Å²) in [7, 11) is 1.75. The van der Waals surface area contributed by atoms with Crippen molar-refractivity contribution in [3.05, 3.63) is 60.0 Å². The minimum absolute atomic E-state index is 0.119. The molecule has 2 aliphatic rings. The van der Waals surface area contributed by atoms with Crippen molar-refractivity contribution >= 4 is 28.6 Å². The maximum Gasteiger partial charge on any atom is 0.259 e. The van der Waals surface area contributed by atoms with Gasteiger partial charge in [-0.25, -0.2) is 19.6 Å². The van der Waals surface area contributed by atoms with Crippen LogP contribution in [0.5, 0.6) is 0 Å². The molecule has 48 heavy (non-hydrogen) atoms. The van der Waals surface area contributed by atoms with E-state index in [0.29, 0.717) is 35.1 Å². The van der Waals surface area contributed by atoms with Gasteiger partial charge in [0.2, 0.25) is 0 Å². The molecule has 9 heteroatoms. The Morgan fingerprint density at radius 3 is 2.56 bits per heavy atom. The summed E-state index contributed by atoms with van der Waals surface area (Å²) in [6.07, 6.45) is 18.9. The molecule has 6 rings (SSSR count). The number of nitrogens with one attached hydrogen (secondary N) is 1. The third kappa shape index (κ3) is 7.41. The number of unbranched alkanes of at least 4 members (excludes halogenated alkanes) is 5. The van der Waals surface area contributed by atoms with Gasteiger partial charge in [0.15, 0.2) is 5.65 Å². The largest absolute Gasteiger partial charge is 0.383 e. The van der Waals surface area contributed by atoms with Gasteiger partial charge in [0.1, 0.15) is 23.7 Å². The van der Waals surface area contributed by atoms with Crippen LogP contribution in [0.1, 0.15) is 113 Å². The van der Waals surface area contributed by atoms with Crippen LogP contribution in [-0.2, 0) is 0 Å². The lowest BCUT2D eigenvalue weighted by atomic mass is 9.84. The van der Waals surface area contributed by atoms with Gasteiger partial charge in [0.05, 0.1) is 11.4 Å². The number of amides is 1. The van der Waals surface area contributed by atoms with Crippen LogP contribution in [0, 0.1) is 24.7 Å². The van der Waals surface area contributed by atoms with E-state index < -0.39 is 0 Å². The summed E-state index contributed by atoms with van der Waals surface area (Å²) in [6.45, 7) is 7.71. The summed E-state index contributed by atoms with van der Waals surface area (Å²) in [4.78, 5) is 28.3. The highest BCUT2D eigenvalue weighted by molar-refractivity contribution is 6.06. The lowest BCUT2D eigenvalue weighted by molar-refractivity contribution is 0.0992. The zero-order valence-corrected chi connectivity index (χ0v) is 29.4. The van der Waals surface area contributed by atoms with Crippen molar-refractivity contribution in [2.75, 3.05) is 24.2 Å². The van der Waals surface area contributed by atoms with E-state index in [2.05, 4.69) is 33.8 Å². The summed E-state index contributed by atoms with van der Waals surface area (Å²) in [5.74, 6) is 3.06. The predicted octanol–water partition coefficient (Wildman–Crippen LogP) is 8.15. The monoisotopic (exact) mass is 650 g/mol. The minimum Gasteiger partial charge on any atom is -0.383 e. The number of carbonyl (C=O) groups excluding carboxylic acids is 1. The zero-order valence-electron chi connectivity index (χ0n) is 29.4. The number of carbonyl (C=O) groups is 1. The second-order valence-corrected chi connectivity index (χ2v) is 14.4. The summed E-state index contributed by atoms with van der Waals surface area (Å²) in [5, 5.41) is 9.92. The number of nitrogen functional groups attached to an aromatic ring is 1. The van der Waals surface area contributed by atoms with Crippen molar-refractivity contribution in [2.24, 2.45) is 17.8 Å². The maximum atomic E-state index is 13.3. The number of fused-ring (bicyclic) bond motifs is 2. The average molecular weight is 651 g/mol. The fourth-order valence-electron chi connectivity index (χ4n) is 8.35. The molecule has 3 N–H and O–H groups in total. The number of aromatic nitrogens is 5. The normalized spacial score (nSPS) is 21.1. The molecular weight excluding hydrogens is 596 g/mol. The molecule has 3 aromatic heterocycles. The molecule has 5 unspecified atom stereocenters. The number of nitrogens with two attached hydrogens (primary N) is 1. The number of aryl methyl sites for hydroxylation is 1. The number of benzene rings is 1. The van der Waals surface area contributed by atoms with Crippen molar-refractivity contribution in [1.82, 2.24) is 30.0 Å². The highest BCUT2D eigenvalue weighted by atomic mass is 16.2. The van der Waals surface area contributed by atoms with E-state index in [1.807, 2.05) is 43.3 Å². The highest BCUT2D eigenvalue weighted by Crippen LogP contribution is 2.47. The van der Waals surface area contributed by atoms with E-state index in [-0.39, 0.29) is 11.9 Å². The van der Waals surface area contributed by atoms with Crippen LogP contribution in [0.15, 0.2) is 48.9 Å². The van der Waals surface area contributed by atoms with E-state index >= 15 is 0 Å². The number of hydrogen-bond donors (Lipinski definition) is 2. The Hall–Kier alpha value is -3.85. The van der Waals surface area contributed by atoms with Crippen LogP contribution in [0.2, 0.25) is 0 Å². The number of nitrogens with zero attached hydrogens (tertiary/aromatic N) is 6. The molecule has 5 atom stereocenters. The van der Waals surface area contributed by atoms with Gasteiger partial charge < -0.3 is 11.1 Å². The van der Waals surface area contributed by atoms with Crippen LogP contribution >= 0.6 is 0 Å². The summed E-state index contributed by atoms with van der Waals surface area (Å²) >= 11 is 0. The average Bonchev–Trinajstić information content (AvgIpc) is 3.80. The van der Waals surface area contributed by atoms with E-state index in [1.54, 1.807) is 24.5 Å². The maximum absolute atomic E-state index is 13.3. The number of rotatable bonds is 15. The first-order chi connectivity index (χ1) is 23.4. The van der Waals surface area contributed by atoms with Crippen LogP contribution in [0.3, 0.4) is 0 Å². The molecule has 1 amide bonds. The van der Waals surface area contributed by atoms with Gasteiger partial charge in [0.25, 0.3) is 5.91 Å². The van der Waals surface area contributed by atoms with Crippen LogP contribution in [-0.4, -0.2) is 50.3 Å². The molecule has 2 fully saturated rings. The van der Waals surface area contributed by atoms with Crippen molar-refractivity contribution in [3.8, 4) is 11.3 Å². The van der Waals surface area contributed by atoms with Gasteiger partial charge in [-0.3, -0.25) is 9.69 Å². The van der Waals surface area contributed by atoms with Gasteiger partial charge >= 0.3 is 0 Å². The Kier molecular flexibility index (Phi) is 11.0. The third-order valence-electron chi connectivity index (χ3n) is 11.0. The molecule has 9 nitrogen and oxygen atoms in total. The van der Waals surface area contributed by atoms with Crippen LogP contribution in [0.25, 0.3) is 22.3 Å². The van der Waals surface area contributed by atoms with E-state index in [0.717, 1.165) is 53.2 Å². The van der Waals surface area contributed by atoms with Crippen molar-refractivity contribution in [2.45, 2.75) is 110 Å². The molecule has 0 radical (unpaired) electrons. The number of pyridine rings is 1. The summed E-state index contributed by atoms with van der Waals surface area (Å²) < 4.78 is 2.13. The lowest BCUT2D eigenvalue weighted by Gasteiger charge is -2.25. The van der Waals surface area contributed by atoms with Gasteiger partial charge in [-0.2, -0.15) is 5.10 Å². The Bertz CT molecular complexity index is 1670. The Labute approximate surface area is 286 Å². The standard InChI is InChI=1S/C39H54N8O/c1-5-7-8-9-10-11-13-27(12-6-2)21-33-32-23-31(22-30(32)24-42-33)47-38-35(37(40)43-25-44-38)36(45-47)28-14-16-29(17-15-28)39(48)46(4)34-20-26(3)18-19-41-34/h14-20,25,27,30-33,42H,5-13,21-24H2,1-4H3,(H2,40,43,44). The van der Waals surface area contributed by atoms with Gasteiger partial charge in [-0.1, -0.05) is 83.8 Å². The molecular formula is C39H54N8O. The molecule has 1 saturated heterocycles. The highest BCUT2D eigenvalue weighted by Gasteiger charge is 2.45. The van der Waals surface area contributed by atoms with Crippen molar-refractivity contribution < 1.29 is 4.79 Å². The molecule has 1 aliphatic heterocycles. The zero-order chi connectivity index (χ0) is 33.6. The smallest absolute Gasteiger partial charge is 0.259 e. The Morgan fingerprint density at radius 2 is 1.79 bits per heavy atom. The predicted molar refractivity (Wildman–Crippen MR) is 195 cm³/mol. The minimum atomic E-state index is -0.119. The van der Waals surface area contributed by atoms with Gasteiger partial charge in [0, 0.05) is 30.4 Å². The molecule has 4 aromatic rings. The molecule has 1 saturated carbocycles. The molecule has 256 valence electrons. The number of anilines is 2. The molecule has 1 aromatic carbocycles. The van der Waals surface area contributed by atoms with Crippen LogP contribution < -0.4 is 16.0 Å². The fourth-order valence-corrected chi connectivity index (χ4v) is 8.35. The lowest BCUT2D eigenvalue weighted by Crippen LogP contribution is -2.30. The van der Waals surface area contributed by atoms with E-state index in [9.17, 15) is 4.79 Å². The first kappa shape index (κ1) is 34.0. The van der Waals surface area contributed by atoms with Gasteiger partial charge in [-0.15, -0.1) is 0 Å². The Balaban J connectivity index is 1.17. The molecule has 4 heterocycles. The van der Waals surface area contributed by atoms with Crippen molar-refractivity contribution in [1.29, 1.82) is 0 Å². The Morgan fingerprint density at radius 1 is 1.00 bits per heavy atom. The summed E-state index contributed by atoms with van der Waals surface area (Å²) in [6, 6.07) is 12.3. The molecule has 0 bridgehead atoms. The van der Waals surface area contributed by atoms with Crippen molar-refractivity contribution in [3.63, 3.8) is 0 Å². The number of hydrogen-bond acceptors (Lipinski definition) is 7.